The SMILES string of the molecule is CC(CC1CCCCN1)NCCN1CCSCC1. The zero-order chi connectivity index (χ0) is 12.6. The first-order chi connectivity index (χ1) is 8.84. The molecule has 0 aromatic heterocycles. The summed E-state index contributed by atoms with van der Waals surface area (Å²) in [5.74, 6) is 2.64. The summed E-state index contributed by atoms with van der Waals surface area (Å²) in [6, 6.07) is 1.41. The van der Waals surface area contributed by atoms with Crippen molar-refractivity contribution in [2.45, 2.75) is 44.7 Å². The van der Waals surface area contributed by atoms with Gasteiger partial charge in [-0.1, -0.05) is 6.42 Å². The van der Waals surface area contributed by atoms with Gasteiger partial charge in [0.1, 0.15) is 0 Å². The molecule has 0 spiro atoms. The van der Waals surface area contributed by atoms with Crippen LogP contribution in [-0.4, -0.2) is 61.2 Å². The Bertz CT molecular complexity index is 213. The van der Waals surface area contributed by atoms with E-state index in [-0.39, 0.29) is 0 Å². The number of nitrogens with one attached hydrogen (secondary N) is 2. The van der Waals surface area contributed by atoms with E-state index in [1.54, 1.807) is 0 Å². The molecule has 2 fully saturated rings. The van der Waals surface area contributed by atoms with Crippen molar-refractivity contribution in [3.8, 4) is 0 Å². The van der Waals surface area contributed by atoms with Crippen LogP contribution < -0.4 is 10.6 Å². The largest absolute Gasteiger partial charge is 0.314 e. The Morgan fingerprint density at radius 2 is 2.17 bits per heavy atom. The summed E-state index contributed by atoms with van der Waals surface area (Å²) >= 11 is 2.09. The molecular weight excluding hydrogens is 242 g/mol. The molecular formula is C14H29N3S. The fraction of sp³-hybridized carbons (Fsp3) is 1.00. The number of hydrogen-bond donors (Lipinski definition) is 2. The molecule has 3 nitrogen and oxygen atoms in total. The standard InChI is InChI=1S/C14H29N3S/c1-13(12-14-4-2-3-5-16-14)15-6-7-17-8-10-18-11-9-17/h13-16H,2-12H2,1H3. The summed E-state index contributed by atoms with van der Waals surface area (Å²) in [4.78, 5) is 2.59. The van der Waals surface area contributed by atoms with Crippen LogP contribution in [0.1, 0.15) is 32.6 Å². The van der Waals surface area contributed by atoms with Gasteiger partial charge in [-0.25, -0.2) is 0 Å². The second-order valence-corrected chi connectivity index (χ2v) is 6.92. The van der Waals surface area contributed by atoms with E-state index in [0.717, 1.165) is 12.6 Å². The van der Waals surface area contributed by atoms with Crippen molar-refractivity contribution in [2.75, 3.05) is 44.2 Å². The summed E-state index contributed by atoms with van der Waals surface area (Å²) in [5.41, 5.74) is 0. The predicted molar refractivity (Wildman–Crippen MR) is 81.5 cm³/mol. The molecule has 2 unspecified atom stereocenters. The van der Waals surface area contributed by atoms with Gasteiger partial charge in [0.25, 0.3) is 0 Å². The van der Waals surface area contributed by atoms with Gasteiger partial charge in [0.05, 0.1) is 0 Å². The molecule has 0 saturated carbocycles. The molecule has 0 amide bonds. The van der Waals surface area contributed by atoms with E-state index in [1.165, 1.54) is 63.4 Å². The lowest BCUT2D eigenvalue weighted by atomic mass is 9.99. The van der Waals surface area contributed by atoms with Crippen LogP contribution in [0, 0.1) is 0 Å². The van der Waals surface area contributed by atoms with Crippen LogP contribution in [0.25, 0.3) is 0 Å². The predicted octanol–water partition coefficient (Wildman–Crippen LogP) is 1.55. The molecule has 2 N–H and O–H groups in total. The Kier molecular flexibility index (Phi) is 6.84. The molecule has 2 heterocycles. The van der Waals surface area contributed by atoms with Crippen molar-refractivity contribution in [2.24, 2.45) is 0 Å². The number of nitrogens with zero attached hydrogens (tertiary/aromatic N) is 1. The molecule has 2 aliphatic rings. The van der Waals surface area contributed by atoms with Gasteiger partial charge in [-0.15, -0.1) is 0 Å². The lowest BCUT2D eigenvalue weighted by molar-refractivity contribution is 0.287. The summed E-state index contributed by atoms with van der Waals surface area (Å²) in [5, 5.41) is 7.33. The fourth-order valence-corrected chi connectivity index (χ4v) is 3.91. The quantitative estimate of drug-likeness (QED) is 0.766. The lowest BCUT2D eigenvalue weighted by Crippen LogP contribution is -2.43. The maximum Gasteiger partial charge on any atom is 0.0108 e. The number of piperidine rings is 1. The number of rotatable bonds is 6. The minimum absolute atomic E-state index is 0.653. The highest BCUT2D eigenvalue weighted by atomic mass is 32.2. The Morgan fingerprint density at radius 3 is 2.89 bits per heavy atom. The first-order valence-corrected chi connectivity index (χ1v) is 8.77. The Balaban J connectivity index is 1.52. The zero-order valence-corrected chi connectivity index (χ0v) is 12.6. The van der Waals surface area contributed by atoms with Crippen LogP contribution >= 0.6 is 11.8 Å². The van der Waals surface area contributed by atoms with Gasteiger partial charge in [-0.2, -0.15) is 11.8 Å². The Morgan fingerprint density at radius 1 is 1.33 bits per heavy atom. The van der Waals surface area contributed by atoms with Gasteiger partial charge in [0.15, 0.2) is 0 Å². The molecule has 106 valence electrons. The fourth-order valence-electron chi connectivity index (χ4n) is 2.93. The van der Waals surface area contributed by atoms with Crippen molar-refractivity contribution in [1.29, 1.82) is 0 Å². The third-order valence-corrected chi connectivity index (χ3v) is 5.02. The number of thioether (sulfide) groups is 1. The van der Waals surface area contributed by atoms with Gasteiger partial charge >= 0.3 is 0 Å². The van der Waals surface area contributed by atoms with Crippen molar-refractivity contribution < 1.29 is 0 Å². The number of hydrogen-bond acceptors (Lipinski definition) is 4. The van der Waals surface area contributed by atoms with E-state index in [9.17, 15) is 0 Å². The van der Waals surface area contributed by atoms with Crippen LogP contribution in [0.15, 0.2) is 0 Å². The molecule has 4 heteroatoms. The molecule has 2 aliphatic heterocycles. The highest BCUT2D eigenvalue weighted by Crippen LogP contribution is 2.12. The van der Waals surface area contributed by atoms with E-state index in [1.807, 2.05) is 0 Å². The molecule has 18 heavy (non-hydrogen) atoms. The Labute approximate surface area is 116 Å². The van der Waals surface area contributed by atoms with Crippen LogP contribution in [-0.2, 0) is 0 Å². The molecule has 2 saturated heterocycles. The van der Waals surface area contributed by atoms with Crippen LogP contribution in [0.3, 0.4) is 0 Å². The van der Waals surface area contributed by atoms with Crippen molar-refractivity contribution in [1.82, 2.24) is 15.5 Å². The molecule has 2 atom stereocenters. The topological polar surface area (TPSA) is 27.3 Å². The van der Waals surface area contributed by atoms with Gasteiger partial charge in [0, 0.05) is 49.8 Å². The monoisotopic (exact) mass is 271 g/mol. The van der Waals surface area contributed by atoms with Gasteiger partial charge in [-0.05, 0) is 32.7 Å². The average molecular weight is 271 g/mol. The van der Waals surface area contributed by atoms with E-state index < -0.39 is 0 Å². The first kappa shape index (κ1) is 14.6. The second-order valence-electron chi connectivity index (χ2n) is 5.69. The molecule has 0 bridgehead atoms. The Hall–Kier alpha value is 0.230. The van der Waals surface area contributed by atoms with E-state index >= 15 is 0 Å². The van der Waals surface area contributed by atoms with E-state index in [0.29, 0.717) is 6.04 Å². The van der Waals surface area contributed by atoms with Gasteiger partial charge < -0.3 is 15.5 Å². The molecule has 0 radical (unpaired) electrons. The smallest absolute Gasteiger partial charge is 0.0108 e. The second kappa shape index (κ2) is 8.41. The van der Waals surface area contributed by atoms with Crippen LogP contribution in [0.5, 0.6) is 0 Å². The van der Waals surface area contributed by atoms with Crippen molar-refractivity contribution >= 4 is 11.8 Å². The highest BCUT2D eigenvalue weighted by Gasteiger charge is 2.15. The molecule has 2 rings (SSSR count). The summed E-state index contributed by atoms with van der Waals surface area (Å²) in [6.07, 6.45) is 5.44. The summed E-state index contributed by atoms with van der Waals surface area (Å²) < 4.78 is 0. The third-order valence-electron chi connectivity index (χ3n) is 4.07. The normalized spacial score (nSPS) is 28.2. The minimum atomic E-state index is 0.653. The highest BCUT2D eigenvalue weighted by molar-refractivity contribution is 7.99. The van der Waals surface area contributed by atoms with Crippen LogP contribution in [0.4, 0.5) is 0 Å². The zero-order valence-electron chi connectivity index (χ0n) is 11.8. The summed E-state index contributed by atoms with van der Waals surface area (Å²) in [6.45, 7) is 8.50. The maximum atomic E-state index is 3.69. The maximum absolute atomic E-state index is 3.69. The van der Waals surface area contributed by atoms with Crippen molar-refractivity contribution in [3.63, 3.8) is 0 Å². The van der Waals surface area contributed by atoms with E-state index in [4.69, 9.17) is 0 Å². The molecule has 0 aliphatic carbocycles. The van der Waals surface area contributed by atoms with Crippen LogP contribution in [0.2, 0.25) is 0 Å². The first-order valence-electron chi connectivity index (χ1n) is 7.61. The molecule has 0 aromatic carbocycles. The lowest BCUT2D eigenvalue weighted by Gasteiger charge is -2.29. The minimum Gasteiger partial charge on any atom is -0.314 e. The third kappa shape index (κ3) is 5.47. The van der Waals surface area contributed by atoms with Gasteiger partial charge in [0.2, 0.25) is 0 Å². The molecule has 0 aromatic rings. The van der Waals surface area contributed by atoms with E-state index in [2.05, 4.69) is 34.2 Å². The summed E-state index contributed by atoms with van der Waals surface area (Å²) in [7, 11) is 0. The van der Waals surface area contributed by atoms with Gasteiger partial charge in [-0.3, -0.25) is 0 Å². The average Bonchev–Trinajstić information content (AvgIpc) is 2.41. The van der Waals surface area contributed by atoms with Crippen molar-refractivity contribution in [3.05, 3.63) is 0 Å².